The number of rotatable bonds is 7. The van der Waals surface area contributed by atoms with E-state index in [4.69, 9.17) is 48.2 Å². The maximum absolute atomic E-state index is 11.7. The summed E-state index contributed by atoms with van der Waals surface area (Å²) < 4.78 is 6.89. The molecule has 1 amide bonds. The van der Waals surface area contributed by atoms with Crippen LogP contribution in [-0.2, 0) is 22.7 Å². The van der Waals surface area contributed by atoms with Crippen molar-refractivity contribution in [3.63, 3.8) is 0 Å². The minimum atomic E-state index is -0.702. The molecule has 11 heteroatoms. The summed E-state index contributed by atoms with van der Waals surface area (Å²) >= 11 is 0.00694. The molecule has 0 aromatic heterocycles. The van der Waals surface area contributed by atoms with Crippen molar-refractivity contribution in [2.24, 2.45) is 0 Å². The predicted molar refractivity (Wildman–Crippen MR) is 139 cm³/mol. The van der Waals surface area contributed by atoms with Crippen LogP contribution in [0, 0.1) is 0 Å². The van der Waals surface area contributed by atoms with Gasteiger partial charge in [-0.05, 0) is 6.42 Å². The first-order chi connectivity index (χ1) is 16.8. The van der Waals surface area contributed by atoms with Crippen LogP contribution in [0.4, 0.5) is 0 Å². The molecule has 5 atom stereocenters. The normalized spacial score (nSPS) is 29.8. The van der Waals surface area contributed by atoms with Crippen molar-refractivity contribution >= 4 is 32.4 Å². The van der Waals surface area contributed by atoms with Gasteiger partial charge in [0.1, 0.15) is 7.63 Å². The quantitative estimate of drug-likeness (QED) is 0.249. The molecule has 2 fully saturated rings. The van der Waals surface area contributed by atoms with Crippen LogP contribution in [0.15, 0.2) is 0 Å². The minimum absolute atomic E-state index is 0.00694. The van der Waals surface area contributed by atoms with Crippen molar-refractivity contribution in [1.29, 1.82) is 0 Å². The van der Waals surface area contributed by atoms with E-state index < -0.39 is 6.26 Å². The first-order valence-electron chi connectivity index (χ1n) is 12.8. The molecule has 1 saturated carbocycles. The van der Waals surface area contributed by atoms with Crippen LogP contribution in [0.2, 0.25) is 0 Å². The van der Waals surface area contributed by atoms with E-state index in [1.165, 1.54) is 12.8 Å². The third-order valence-corrected chi connectivity index (χ3v) is 5.95. The molecular formula is C23H41Cl2MnN6O2-5. The Bertz CT molecular complexity index is 584. The molecule has 0 unspecified atom stereocenters. The molecular weight excluding hydrogens is 518 g/mol. The van der Waals surface area contributed by atoms with Gasteiger partial charge in [-0.15, -0.1) is 0 Å². The number of carbonyl (C=O) groups is 2. The van der Waals surface area contributed by atoms with Crippen molar-refractivity contribution in [1.82, 2.24) is 5.32 Å². The Morgan fingerprint density at radius 3 is 2.32 bits per heavy atom. The molecule has 8 nitrogen and oxygen atoms in total. The van der Waals surface area contributed by atoms with Crippen LogP contribution in [0.3, 0.4) is 0 Å². The molecule has 2 aliphatic rings. The Morgan fingerprint density at radius 1 is 1.00 bits per heavy atom. The molecule has 0 bridgehead atoms. The second-order valence-corrected chi connectivity index (χ2v) is 10.8. The molecule has 1 aliphatic heterocycles. The summed E-state index contributed by atoms with van der Waals surface area (Å²) in [6, 6.07) is 1.09. The van der Waals surface area contributed by atoms with E-state index >= 15 is 0 Å². The Hall–Kier alpha value is 0.0395. The molecule has 1 heterocycles. The van der Waals surface area contributed by atoms with Gasteiger partial charge < -0.3 is 36.7 Å². The number of halogens is 2. The van der Waals surface area contributed by atoms with E-state index in [2.05, 4.69) is 19.2 Å². The summed E-state index contributed by atoms with van der Waals surface area (Å²) in [6.45, 7) is 8.42. The van der Waals surface area contributed by atoms with Gasteiger partial charge in [-0.1, -0.05) is 46.0 Å². The third-order valence-electron chi connectivity index (χ3n) is 5.95. The van der Waals surface area contributed by atoms with Crippen molar-refractivity contribution in [2.75, 3.05) is 39.3 Å². The zero-order chi connectivity index (χ0) is 25.9. The van der Waals surface area contributed by atoms with Gasteiger partial charge in [0.25, 0.3) is 0 Å². The van der Waals surface area contributed by atoms with Crippen LogP contribution in [0.5, 0.6) is 0 Å². The van der Waals surface area contributed by atoms with Crippen LogP contribution in [0.25, 0.3) is 26.6 Å². The number of hydrogen-bond donors (Lipinski definition) is 1. The van der Waals surface area contributed by atoms with Crippen LogP contribution in [0.1, 0.15) is 66.6 Å². The molecule has 0 radical (unpaired) electrons. The summed E-state index contributed by atoms with van der Waals surface area (Å²) in [5.41, 5.74) is 0. The van der Waals surface area contributed by atoms with Gasteiger partial charge in [-0.3, -0.25) is 4.79 Å². The van der Waals surface area contributed by atoms with Gasteiger partial charge >= 0.3 is 33.3 Å². The summed E-state index contributed by atoms with van der Waals surface area (Å²) in [5, 5.41) is 27.2. The second kappa shape index (κ2) is 21.2. The number of aldehydes is 1. The molecule has 1 N–H and O–H groups in total. The van der Waals surface area contributed by atoms with Crippen molar-refractivity contribution in [3.05, 3.63) is 26.6 Å². The molecule has 0 aromatic rings. The second-order valence-electron chi connectivity index (χ2n) is 8.87. The van der Waals surface area contributed by atoms with Crippen molar-refractivity contribution in [3.8, 4) is 0 Å². The van der Waals surface area contributed by atoms with E-state index in [0.29, 0.717) is 25.7 Å². The van der Waals surface area contributed by atoms with Gasteiger partial charge in [-0.25, -0.2) is 0 Å². The average molecular weight is 560 g/mol. The van der Waals surface area contributed by atoms with Crippen molar-refractivity contribution in [2.45, 2.75) is 95.4 Å². The van der Waals surface area contributed by atoms with Crippen LogP contribution >= 0.6 is 20.2 Å². The fourth-order valence-electron chi connectivity index (χ4n) is 4.08. The Kier molecular flexibility index (Phi) is 18.8. The molecule has 201 valence electrons. The fraction of sp³-hybridized carbons (Fsp3) is 0.913. The molecule has 1 aliphatic carbocycles. The van der Waals surface area contributed by atoms with Crippen LogP contribution < -0.4 is 5.32 Å². The fourth-order valence-corrected chi connectivity index (χ4v) is 4.08. The topological polar surface area (TPSA) is 117 Å². The summed E-state index contributed by atoms with van der Waals surface area (Å²) in [6.07, 6.45) is 5.68. The number of nitrogens with zero attached hydrogens (tertiary/aromatic N) is 5. The zero-order valence-corrected chi connectivity index (χ0v) is 23.2. The van der Waals surface area contributed by atoms with E-state index in [-0.39, 0.29) is 56.0 Å². The Labute approximate surface area is 222 Å². The average Bonchev–Trinajstić information content (AvgIpc) is 2.84. The van der Waals surface area contributed by atoms with Gasteiger partial charge in [-0.2, -0.15) is 62.9 Å². The van der Waals surface area contributed by atoms with Gasteiger partial charge in [0, 0.05) is 19.4 Å². The molecule has 1 saturated heterocycles. The standard InChI is InChI=1S/C23H41N6O2.2ClH.Mn/c1-18-15-27-19(2)16-28-20(7-5-11-26-23(31)10-6-14-30)17-29-22-9-4-3-8-21(22)25-13-12-24-18;;;/h14,18-22H,3-13,15-17H2,1-2H3,(H,26,31);2*1H;/q-5;;;+2/p-2/t18-,19+,20-,21+,22+;;;/m0.../s1/i14D;;;. The Morgan fingerprint density at radius 2 is 1.62 bits per heavy atom. The van der Waals surface area contributed by atoms with E-state index in [0.717, 1.165) is 45.3 Å². The van der Waals surface area contributed by atoms with Gasteiger partial charge in [0.2, 0.25) is 5.91 Å². The monoisotopic (exact) mass is 559 g/mol. The SMILES string of the molecule is [2H]C(=O)CCC(=O)NCCC[C@H]1C[N-][C@@H]2CCCC[C@H]2[N-]CC[N-][C@@H](C)C[N-][C@H](C)C[N-]1.[Cl][Mn][Cl]. The predicted octanol–water partition coefficient (Wildman–Crippen LogP) is 5.58. The maximum atomic E-state index is 11.7. The molecule has 2 rings (SSSR count). The van der Waals surface area contributed by atoms with E-state index in [9.17, 15) is 9.59 Å². The number of amides is 1. The molecule has 34 heavy (non-hydrogen) atoms. The summed E-state index contributed by atoms with van der Waals surface area (Å²) in [4.78, 5) is 22.4. The Balaban J connectivity index is 0.00000194. The van der Waals surface area contributed by atoms with Gasteiger partial charge in [0.05, 0.1) is 0 Å². The van der Waals surface area contributed by atoms with Crippen LogP contribution in [-0.4, -0.2) is 81.6 Å². The number of hydrogen-bond acceptors (Lipinski definition) is 2. The van der Waals surface area contributed by atoms with Gasteiger partial charge in [0.15, 0.2) is 0 Å². The van der Waals surface area contributed by atoms with E-state index in [1.807, 2.05) is 0 Å². The first kappa shape index (κ1) is 30.3. The zero-order valence-electron chi connectivity index (χ0n) is 21.5. The first-order valence-corrected chi connectivity index (χ1v) is 15.6. The number of fused-ring (bicyclic) bond motifs is 1. The van der Waals surface area contributed by atoms with Crippen molar-refractivity contribution < 1.29 is 24.1 Å². The van der Waals surface area contributed by atoms with E-state index in [1.54, 1.807) is 0 Å². The number of carbonyl (C=O) groups excluding carboxylic acids is 2. The third kappa shape index (κ3) is 15.9. The summed E-state index contributed by atoms with van der Waals surface area (Å²) in [7, 11) is 9.59. The summed E-state index contributed by atoms with van der Waals surface area (Å²) in [5.74, 6) is -0.173. The molecule has 0 aromatic carbocycles. The number of nitrogens with one attached hydrogen (secondary N) is 1. The molecule has 0 spiro atoms.